The Morgan fingerprint density at radius 1 is 0.762 bits per heavy atom. The highest BCUT2D eigenvalue weighted by Gasteiger charge is 2.25. The van der Waals surface area contributed by atoms with Gasteiger partial charge in [0.25, 0.3) is 11.8 Å². The lowest BCUT2D eigenvalue weighted by atomic mass is 10.1. The number of hydrogen-bond acceptors (Lipinski definition) is 3. The van der Waals surface area contributed by atoms with E-state index >= 15 is 0 Å². The molecule has 0 aliphatic heterocycles. The molecule has 0 saturated heterocycles. The molecule has 0 aliphatic rings. The molecule has 0 fully saturated rings. The van der Waals surface area contributed by atoms with Gasteiger partial charge in [-0.2, -0.15) is 0 Å². The van der Waals surface area contributed by atoms with E-state index in [1.807, 2.05) is 0 Å². The molecule has 5 nitrogen and oxygen atoms in total. The number of imide groups is 1. The van der Waals surface area contributed by atoms with Crippen LogP contribution < -0.4 is 0 Å². The van der Waals surface area contributed by atoms with Crippen LogP contribution in [0.3, 0.4) is 0 Å². The standard InChI is InChI=1S/C16H13NO4/c18-14(19)11-17(15(20)12-7-3-1-4-8-12)16(21)13-9-5-2-6-10-13/h1-10H,11H2,(H,18,19). The lowest BCUT2D eigenvalue weighted by Gasteiger charge is -2.19. The molecule has 0 radical (unpaired) electrons. The highest BCUT2D eigenvalue weighted by Crippen LogP contribution is 2.10. The van der Waals surface area contributed by atoms with Crippen molar-refractivity contribution in [2.45, 2.75) is 0 Å². The number of amides is 2. The van der Waals surface area contributed by atoms with Crippen LogP contribution >= 0.6 is 0 Å². The Labute approximate surface area is 121 Å². The van der Waals surface area contributed by atoms with Crippen LogP contribution in [-0.2, 0) is 4.79 Å². The molecule has 0 heterocycles. The Hall–Kier alpha value is -2.95. The fraction of sp³-hybridized carbons (Fsp3) is 0.0625. The zero-order valence-electron chi connectivity index (χ0n) is 11.1. The van der Waals surface area contributed by atoms with Crippen molar-refractivity contribution in [2.75, 3.05) is 6.54 Å². The minimum absolute atomic E-state index is 0.267. The van der Waals surface area contributed by atoms with Crippen molar-refractivity contribution >= 4 is 17.8 Å². The van der Waals surface area contributed by atoms with Gasteiger partial charge in [-0.1, -0.05) is 36.4 Å². The third-order valence-corrected chi connectivity index (χ3v) is 2.83. The Balaban J connectivity index is 2.33. The first kappa shape index (κ1) is 14.5. The highest BCUT2D eigenvalue weighted by molar-refractivity contribution is 6.11. The molecule has 0 bridgehead atoms. The Morgan fingerprint density at radius 2 is 1.14 bits per heavy atom. The monoisotopic (exact) mass is 283 g/mol. The third-order valence-electron chi connectivity index (χ3n) is 2.83. The molecule has 0 atom stereocenters. The molecule has 0 aliphatic carbocycles. The van der Waals surface area contributed by atoms with Gasteiger partial charge >= 0.3 is 5.97 Å². The Morgan fingerprint density at radius 3 is 1.48 bits per heavy atom. The zero-order valence-corrected chi connectivity index (χ0v) is 11.1. The number of nitrogens with zero attached hydrogens (tertiary/aromatic N) is 1. The molecule has 1 N–H and O–H groups in total. The quantitative estimate of drug-likeness (QED) is 0.871. The fourth-order valence-electron chi connectivity index (χ4n) is 1.84. The molecule has 0 aromatic heterocycles. The summed E-state index contributed by atoms with van der Waals surface area (Å²) in [6.07, 6.45) is 0. The van der Waals surface area contributed by atoms with Crippen LogP contribution in [0.25, 0.3) is 0 Å². The van der Waals surface area contributed by atoms with Gasteiger partial charge in [0.15, 0.2) is 0 Å². The van der Waals surface area contributed by atoms with Gasteiger partial charge in [-0.3, -0.25) is 19.3 Å². The number of benzene rings is 2. The first-order valence-electron chi connectivity index (χ1n) is 6.27. The van der Waals surface area contributed by atoms with Crippen LogP contribution in [0, 0.1) is 0 Å². The summed E-state index contributed by atoms with van der Waals surface area (Å²) in [4.78, 5) is 36.3. The fourth-order valence-corrected chi connectivity index (χ4v) is 1.84. The number of carbonyl (C=O) groups is 3. The molecule has 0 spiro atoms. The first-order valence-corrected chi connectivity index (χ1v) is 6.27. The maximum Gasteiger partial charge on any atom is 0.323 e. The van der Waals surface area contributed by atoms with Gasteiger partial charge in [0, 0.05) is 11.1 Å². The Kier molecular flexibility index (Phi) is 4.46. The van der Waals surface area contributed by atoms with E-state index in [1.165, 1.54) is 24.3 Å². The average molecular weight is 283 g/mol. The van der Waals surface area contributed by atoms with Crippen LogP contribution in [0.5, 0.6) is 0 Å². The van der Waals surface area contributed by atoms with E-state index in [2.05, 4.69) is 0 Å². The molecule has 0 saturated carbocycles. The third kappa shape index (κ3) is 3.54. The maximum absolute atomic E-state index is 12.3. The van der Waals surface area contributed by atoms with Crippen molar-refractivity contribution < 1.29 is 19.5 Å². The molecule has 5 heteroatoms. The SMILES string of the molecule is O=C(O)CN(C(=O)c1ccccc1)C(=O)c1ccccc1. The van der Waals surface area contributed by atoms with Crippen LogP contribution in [0.4, 0.5) is 0 Å². The number of hydrogen-bond donors (Lipinski definition) is 1. The second-order valence-corrected chi connectivity index (χ2v) is 4.32. The minimum Gasteiger partial charge on any atom is -0.480 e. The van der Waals surface area contributed by atoms with E-state index in [-0.39, 0.29) is 11.1 Å². The van der Waals surface area contributed by atoms with Gasteiger partial charge < -0.3 is 5.11 Å². The molecule has 21 heavy (non-hydrogen) atoms. The van der Waals surface area contributed by atoms with Crippen molar-refractivity contribution in [2.24, 2.45) is 0 Å². The van der Waals surface area contributed by atoms with Crippen molar-refractivity contribution in [1.82, 2.24) is 4.90 Å². The van der Waals surface area contributed by atoms with Gasteiger partial charge in [-0.25, -0.2) is 0 Å². The molecule has 2 amide bonds. The summed E-state index contributed by atoms with van der Waals surface area (Å²) in [7, 11) is 0. The molecule has 106 valence electrons. The van der Waals surface area contributed by atoms with Gasteiger partial charge in [0.05, 0.1) is 0 Å². The van der Waals surface area contributed by atoms with Gasteiger partial charge in [-0.15, -0.1) is 0 Å². The highest BCUT2D eigenvalue weighted by atomic mass is 16.4. The van der Waals surface area contributed by atoms with Crippen molar-refractivity contribution in [3.05, 3.63) is 71.8 Å². The van der Waals surface area contributed by atoms with E-state index < -0.39 is 24.3 Å². The number of carboxylic acids is 1. The summed E-state index contributed by atoms with van der Waals surface area (Å²) in [5, 5.41) is 8.93. The van der Waals surface area contributed by atoms with Crippen molar-refractivity contribution in [3.63, 3.8) is 0 Å². The Bertz CT molecular complexity index is 601. The van der Waals surface area contributed by atoms with Crippen LogP contribution in [-0.4, -0.2) is 34.3 Å². The predicted octanol–water partition coefficient (Wildman–Crippen LogP) is 2.05. The van der Waals surface area contributed by atoms with Gasteiger partial charge in [-0.05, 0) is 24.3 Å². The van der Waals surface area contributed by atoms with Crippen molar-refractivity contribution in [3.8, 4) is 0 Å². The maximum atomic E-state index is 12.3. The molecule has 2 rings (SSSR count). The summed E-state index contributed by atoms with van der Waals surface area (Å²) in [6.45, 7) is -0.679. The van der Waals surface area contributed by atoms with E-state index in [0.29, 0.717) is 0 Å². The average Bonchev–Trinajstić information content (AvgIpc) is 2.53. The smallest absolute Gasteiger partial charge is 0.323 e. The van der Waals surface area contributed by atoms with Crippen LogP contribution in [0.2, 0.25) is 0 Å². The normalized spacial score (nSPS) is 9.90. The van der Waals surface area contributed by atoms with Crippen molar-refractivity contribution in [1.29, 1.82) is 0 Å². The van der Waals surface area contributed by atoms with Crippen LogP contribution in [0.15, 0.2) is 60.7 Å². The van der Waals surface area contributed by atoms with Gasteiger partial charge in [0.1, 0.15) is 6.54 Å². The lowest BCUT2D eigenvalue weighted by Crippen LogP contribution is -2.40. The van der Waals surface area contributed by atoms with E-state index in [4.69, 9.17) is 5.11 Å². The number of rotatable bonds is 4. The molecular formula is C16H13NO4. The molecular weight excluding hydrogens is 270 g/mol. The summed E-state index contributed by atoms with van der Waals surface area (Å²) < 4.78 is 0. The summed E-state index contributed by atoms with van der Waals surface area (Å²) in [5.74, 6) is -2.51. The van der Waals surface area contributed by atoms with E-state index in [9.17, 15) is 14.4 Å². The lowest BCUT2D eigenvalue weighted by molar-refractivity contribution is -0.137. The predicted molar refractivity (Wildman–Crippen MR) is 75.9 cm³/mol. The minimum atomic E-state index is -1.25. The second kappa shape index (κ2) is 6.47. The largest absolute Gasteiger partial charge is 0.480 e. The first-order chi connectivity index (χ1) is 10.1. The van der Waals surface area contributed by atoms with E-state index in [1.54, 1.807) is 36.4 Å². The van der Waals surface area contributed by atoms with Crippen LogP contribution in [0.1, 0.15) is 20.7 Å². The molecule has 2 aromatic rings. The van der Waals surface area contributed by atoms with Gasteiger partial charge in [0.2, 0.25) is 0 Å². The molecule has 0 unspecified atom stereocenters. The summed E-state index contributed by atoms with van der Waals surface area (Å²) in [6, 6.07) is 16.2. The number of carboxylic acid groups (broad SMARTS) is 1. The summed E-state index contributed by atoms with van der Waals surface area (Å²) in [5.41, 5.74) is 0.533. The zero-order chi connectivity index (χ0) is 15.2. The topological polar surface area (TPSA) is 74.7 Å². The number of carbonyl (C=O) groups excluding carboxylic acids is 2. The number of aliphatic carboxylic acids is 1. The summed E-state index contributed by atoms with van der Waals surface area (Å²) >= 11 is 0. The van der Waals surface area contributed by atoms with E-state index in [0.717, 1.165) is 4.90 Å². The second-order valence-electron chi connectivity index (χ2n) is 4.32. The molecule has 2 aromatic carbocycles.